The molecule has 0 radical (unpaired) electrons. The Hall–Kier alpha value is -2.30. The number of aryl methyl sites for hydroxylation is 2. The zero-order chi connectivity index (χ0) is 16.6. The first-order valence-corrected chi connectivity index (χ1v) is 7.69. The van der Waals surface area contributed by atoms with Crippen LogP contribution in [0, 0.1) is 13.8 Å². The van der Waals surface area contributed by atoms with E-state index in [0.717, 1.165) is 17.0 Å². The van der Waals surface area contributed by atoms with E-state index in [4.69, 9.17) is 0 Å². The van der Waals surface area contributed by atoms with Gasteiger partial charge < -0.3 is 0 Å². The SMILES string of the molecule is CCC(F)(F)c1cc2nc(C)cc(Cc3ccc(C)cc3)n2n1. The maximum Gasteiger partial charge on any atom is 0.291 e. The molecule has 0 amide bonds. The van der Waals surface area contributed by atoms with Crippen LogP contribution in [0.5, 0.6) is 0 Å². The minimum atomic E-state index is -2.93. The van der Waals surface area contributed by atoms with Crippen molar-refractivity contribution in [3.63, 3.8) is 0 Å². The molecule has 3 rings (SSSR count). The summed E-state index contributed by atoms with van der Waals surface area (Å²) in [5, 5.41) is 4.11. The quantitative estimate of drug-likeness (QED) is 0.712. The highest BCUT2D eigenvalue weighted by Crippen LogP contribution is 2.31. The monoisotopic (exact) mass is 315 g/mol. The standard InChI is InChI=1S/C18H19F2N3/c1-4-18(19,20)16-11-17-21-13(3)9-15(23(17)22-16)10-14-7-5-12(2)6-8-14/h5-9,11H,4,10H2,1-3H3. The van der Waals surface area contributed by atoms with Gasteiger partial charge in [-0.1, -0.05) is 36.8 Å². The first-order chi connectivity index (χ1) is 10.9. The van der Waals surface area contributed by atoms with E-state index in [-0.39, 0.29) is 12.1 Å². The number of aromatic nitrogens is 3. The Bertz CT molecular complexity index is 835. The highest BCUT2D eigenvalue weighted by atomic mass is 19.3. The van der Waals surface area contributed by atoms with Gasteiger partial charge in [-0.2, -0.15) is 13.9 Å². The number of nitrogens with zero attached hydrogens (tertiary/aromatic N) is 3. The van der Waals surface area contributed by atoms with Gasteiger partial charge in [0.15, 0.2) is 5.65 Å². The number of hydrogen-bond acceptors (Lipinski definition) is 2. The Kier molecular flexibility index (Phi) is 3.88. The predicted octanol–water partition coefficient (Wildman–Crippen LogP) is 4.44. The summed E-state index contributed by atoms with van der Waals surface area (Å²) in [5.74, 6) is -2.93. The lowest BCUT2D eigenvalue weighted by molar-refractivity contribution is -0.0130. The third-order valence-electron chi connectivity index (χ3n) is 3.95. The third-order valence-corrected chi connectivity index (χ3v) is 3.95. The molecule has 0 aliphatic heterocycles. The van der Waals surface area contributed by atoms with E-state index in [1.165, 1.54) is 23.1 Å². The van der Waals surface area contributed by atoms with Crippen molar-refractivity contribution in [3.8, 4) is 0 Å². The van der Waals surface area contributed by atoms with E-state index in [0.29, 0.717) is 12.1 Å². The molecule has 23 heavy (non-hydrogen) atoms. The maximum absolute atomic E-state index is 13.9. The Morgan fingerprint density at radius 2 is 1.78 bits per heavy atom. The zero-order valence-corrected chi connectivity index (χ0v) is 13.5. The predicted molar refractivity (Wildman–Crippen MR) is 85.9 cm³/mol. The highest BCUT2D eigenvalue weighted by Gasteiger charge is 2.32. The van der Waals surface area contributed by atoms with E-state index in [9.17, 15) is 8.78 Å². The topological polar surface area (TPSA) is 30.2 Å². The fourth-order valence-electron chi connectivity index (χ4n) is 2.58. The summed E-state index contributed by atoms with van der Waals surface area (Å²) in [6, 6.07) is 11.5. The second-order valence-electron chi connectivity index (χ2n) is 5.91. The van der Waals surface area contributed by atoms with Gasteiger partial charge in [0.1, 0.15) is 5.69 Å². The molecule has 5 heteroatoms. The molecule has 0 N–H and O–H groups in total. The van der Waals surface area contributed by atoms with Gasteiger partial charge in [-0.25, -0.2) is 9.50 Å². The Morgan fingerprint density at radius 1 is 1.09 bits per heavy atom. The first kappa shape index (κ1) is 15.6. The van der Waals surface area contributed by atoms with Crippen molar-refractivity contribution >= 4 is 5.65 Å². The number of benzene rings is 1. The number of alkyl halides is 2. The summed E-state index contributed by atoms with van der Waals surface area (Å²) in [4.78, 5) is 4.33. The van der Waals surface area contributed by atoms with Gasteiger partial charge >= 0.3 is 0 Å². The average molecular weight is 315 g/mol. The first-order valence-electron chi connectivity index (χ1n) is 7.69. The van der Waals surface area contributed by atoms with Crippen LogP contribution in [0.1, 0.15) is 41.6 Å². The molecular weight excluding hydrogens is 296 g/mol. The second kappa shape index (κ2) is 5.72. The van der Waals surface area contributed by atoms with Crippen LogP contribution in [0.25, 0.3) is 5.65 Å². The van der Waals surface area contributed by atoms with Gasteiger partial charge in [0.25, 0.3) is 5.92 Å². The van der Waals surface area contributed by atoms with Crippen molar-refractivity contribution < 1.29 is 8.78 Å². The fourth-order valence-corrected chi connectivity index (χ4v) is 2.58. The largest absolute Gasteiger partial charge is 0.291 e. The summed E-state index contributed by atoms with van der Waals surface area (Å²) in [6.45, 7) is 5.35. The summed E-state index contributed by atoms with van der Waals surface area (Å²) < 4.78 is 29.4. The minimum absolute atomic E-state index is 0.219. The molecule has 0 aliphatic carbocycles. The maximum atomic E-state index is 13.9. The number of fused-ring (bicyclic) bond motifs is 1. The van der Waals surface area contributed by atoms with Gasteiger partial charge in [-0.15, -0.1) is 0 Å². The third kappa shape index (κ3) is 3.09. The van der Waals surface area contributed by atoms with E-state index in [1.54, 1.807) is 0 Å². The van der Waals surface area contributed by atoms with E-state index in [1.807, 2.05) is 44.2 Å². The lowest BCUT2D eigenvalue weighted by Gasteiger charge is -2.09. The zero-order valence-electron chi connectivity index (χ0n) is 13.5. The summed E-state index contributed by atoms with van der Waals surface area (Å²) in [5.41, 5.74) is 4.20. The average Bonchev–Trinajstić information content (AvgIpc) is 2.94. The van der Waals surface area contributed by atoms with Crippen molar-refractivity contribution in [2.75, 3.05) is 0 Å². The van der Waals surface area contributed by atoms with Gasteiger partial charge in [0.05, 0.1) is 5.69 Å². The van der Waals surface area contributed by atoms with Gasteiger partial charge in [0.2, 0.25) is 0 Å². The molecule has 0 saturated carbocycles. The molecule has 0 atom stereocenters. The molecule has 3 aromatic rings. The summed E-state index contributed by atoms with van der Waals surface area (Å²) in [7, 11) is 0. The van der Waals surface area contributed by atoms with Gasteiger partial charge in [-0.05, 0) is 25.5 Å². The van der Waals surface area contributed by atoms with Crippen molar-refractivity contribution in [2.45, 2.75) is 39.5 Å². The molecule has 1 aromatic carbocycles. The molecule has 0 spiro atoms. The lowest BCUT2D eigenvalue weighted by Crippen LogP contribution is -2.12. The van der Waals surface area contributed by atoms with Crippen LogP contribution >= 0.6 is 0 Å². The van der Waals surface area contributed by atoms with E-state index < -0.39 is 5.92 Å². The molecule has 0 bridgehead atoms. The Morgan fingerprint density at radius 3 is 2.43 bits per heavy atom. The Labute approximate surface area is 134 Å². The van der Waals surface area contributed by atoms with Crippen molar-refractivity contribution in [3.05, 3.63) is 64.6 Å². The fraction of sp³-hybridized carbons (Fsp3) is 0.333. The lowest BCUT2D eigenvalue weighted by atomic mass is 10.1. The molecule has 0 aliphatic rings. The van der Waals surface area contributed by atoms with Crippen molar-refractivity contribution in [1.29, 1.82) is 0 Å². The number of rotatable bonds is 4. The second-order valence-corrected chi connectivity index (χ2v) is 5.91. The number of halogens is 2. The molecule has 0 fully saturated rings. The minimum Gasteiger partial charge on any atom is -0.234 e. The summed E-state index contributed by atoms with van der Waals surface area (Å²) in [6.07, 6.45) is 0.349. The smallest absolute Gasteiger partial charge is 0.234 e. The van der Waals surface area contributed by atoms with Crippen molar-refractivity contribution in [1.82, 2.24) is 14.6 Å². The normalized spacial score (nSPS) is 12.0. The van der Waals surface area contributed by atoms with E-state index >= 15 is 0 Å². The van der Waals surface area contributed by atoms with Crippen LogP contribution in [-0.4, -0.2) is 14.6 Å². The van der Waals surface area contributed by atoms with Crippen LogP contribution in [-0.2, 0) is 12.3 Å². The molecule has 0 saturated heterocycles. The van der Waals surface area contributed by atoms with Crippen molar-refractivity contribution in [2.24, 2.45) is 0 Å². The molecule has 0 unspecified atom stereocenters. The highest BCUT2D eigenvalue weighted by molar-refractivity contribution is 5.43. The molecule has 2 heterocycles. The molecule has 3 nitrogen and oxygen atoms in total. The number of hydrogen-bond donors (Lipinski definition) is 0. The van der Waals surface area contributed by atoms with Crippen LogP contribution in [0.4, 0.5) is 8.78 Å². The van der Waals surface area contributed by atoms with Crippen LogP contribution in [0.15, 0.2) is 36.4 Å². The van der Waals surface area contributed by atoms with Crippen LogP contribution in [0.3, 0.4) is 0 Å². The van der Waals surface area contributed by atoms with E-state index in [2.05, 4.69) is 10.1 Å². The van der Waals surface area contributed by atoms with Gasteiger partial charge in [0, 0.05) is 24.6 Å². The molecule has 120 valence electrons. The van der Waals surface area contributed by atoms with Crippen LogP contribution < -0.4 is 0 Å². The molecular formula is C18H19F2N3. The van der Waals surface area contributed by atoms with Crippen LogP contribution in [0.2, 0.25) is 0 Å². The van der Waals surface area contributed by atoms with Gasteiger partial charge in [-0.3, -0.25) is 0 Å². The Balaban J connectivity index is 2.07. The molecule has 2 aromatic heterocycles. The summed E-state index contributed by atoms with van der Waals surface area (Å²) >= 11 is 0.